The van der Waals surface area contributed by atoms with E-state index in [0.717, 1.165) is 24.1 Å². The van der Waals surface area contributed by atoms with E-state index < -0.39 is 0 Å². The van der Waals surface area contributed by atoms with Crippen LogP contribution in [0, 0.1) is 0 Å². The van der Waals surface area contributed by atoms with Crippen LogP contribution >= 0.6 is 0 Å². The fraction of sp³-hybridized carbons (Fsp3) is 0.250. The van der Waals surface area contributed by atoms with E-state index >= 15 is 0 Å². The van der Waals surface area contributed by atoms with Crippen molar-refractivity contribution >= 4 is 0 Å². The van der Waals surface area contributed by atoms with Crippen LogP contribution in [0.4, 0.5) is 0 Å². The number of H-pyrrole nitrogens is 1. The van der Waals surface area contributed by atoms with Gasteiger partial charge in [0.05, 0.1) is 5.69 Å². The van der Waals surface area contributed by atoms with Crippen LogP contribution in [0.1, 0.15) is 24.3 Å². The third kappa shape index (κ3) is 1.40. The van der Waals surface area contributed by atoms with Crippen molar-refractivity contribution in [3.05, 3.63) is 52.4 Å². The number of benzene rings is 1. The van der Waals surface area contributed by atoms with Crippen LogP contribution in [-0.2, 0) is 0 Å². The second kappa shape index (κ2) is 3.12. The Kier molecular flexibility index (Phi) is 1.78. The Bertz CT molecular complexity index is 520. The summed E-state index contributed by atoms with van der Waals surface area (Å²) in [6, 6.07) is 9.65. The molecule has 1 heterocycles. The Morgan fingerprint density at radius 2 is 1.93 bits per heavy atom. The first kappa shape index (κ1) is 8.53. The van der Waals surface area contributed by atoms with Gasteiger partial charge in [0.2, 0.25) is 0 Å². The molecule has 0 spiro atoms. The molecule has 0 aliphatic heterocycles. The number of nitrogens with zero attached hydrogens (tertiary/aromatic N) is 1. The number of aromatic nitrogens is 2. The lowest BCUT2D eigenvalue weighted by Gasteiger charge is -1.99. The highest BCUT2D eigenvalue weighted by Gasteiger charge is 2.27. The zero-order valence-corrected chi connectivity index (χ0v) is 8.31. The molecular formula is C12H12N2O. The molecule has 0 radical (unpaired) electrons. The molecule has 2 aromatic rings. The van der Waals surface area contributed by atoms with Gasteiger partial charge in [-0.15, -0.1) is 0 Å². The highest BCUT2D eigenvalue weighted by molar-refractivity contribution is 5.32. The average molecular weight is 200 g/mol. The molecule has 1 aromatic carbocycles. The van der Waals surface area contributed by atoms with Gasteiger partial charge in [0.15, 0.2) is 0 Å². The van der Waals surface area contributed by atoms with Crippen LogP contribution < -0.4 is 5.56 Å². The van der Waals surface area contributed by atoms with Gasteiger partial charge in [0.1, 0.15) is 0 Å². The molecule has 0 amide bonds. The van der Waals surface area contributed by atoms with E-state index in [2.05, 4.69) is 5.10 Å². The Balaban J connectivity index is 2.10. The number of para-hydroxylation sites is 1. The summed E-state index contributed by atoms with van der Waals surface area (Å²) in [7, 11) is 0. The molecule has 0 unspecified atom stereocenters. The minimum Gasteiger partial charge on any atom is -0.298 e. The van der Waals surface area contributed by atoms with Gasteiger partial charge >= 0.3 is 0 Å². The van der Waals surface area contributed by atoms with Gasteiger partial charge in [-0.1, -0.05) is 18.2 Å². The van der Waals surface area contributed by atoms with Crippen LogP contribution in [0.25, 0.3) is 5.69 Å². The molecule has 1 aliphatic rings. The number of nitrogens with one attached hydrogen (secondary N) is 1. The molecule has 1 aliphatic carbocycles. The summed E-state index contributed by atoms with van der Waals surface area (Å²) in [6.45, 7) is 0. The van der Waals surface area contributed by atoms with Crippen molar-refractivity contribution in [2.24, 2.45) is 0 Å². The standard InChI is InChI=1S/C12H12N2O/c15-12-11(9-6-7-9)8-13-14(12)10-4-2-1-3-5-10/h1-5,8-9,13H,6-7H2. The fourth-order valence-corrected chi connectivity index (χ4v) is 1.84. The molecule has 15 heavy (non-hydrogen) atoms. The van der Waals surface area contributed by atoms with Crippen LogP contribution in [0.2, 0.25) is 0 Å². The first-order valence-corrected chi connectivity index (χ1v) is 5.22. The quantitative estimate of drug-likeness (QED) is 0.791. The lowest BCUT2D eigenvalue weighted by atomic mass is 10.2. The molecule has 1 N–H and O–H groups in total. The molecule has 76 valence electrons. The van der Waals surface area contributed by atoms with Gasteiger partial charge in [-0.2, -0.15) is 0 Å². The maximum atomic E-state index is 12.0. The minimum atomic E-state index is 0.101. The van der Waals surface area contributed by atoms with Gasteiger partial charge in [-0.05, 0) is 30.9 Å². The molecule has 0 bridgehead atoms. The lowest BCUT2D eigenvalue weighted by Crippen LogP contribution is -2.16. The molecule has 1 saturated carbocycles. The minimum absolute atomic E-state index is 0.101. The van der Waals surface area contributed by atoms with Crippen molar-refractivity contribution < 1.29 is 0 Å². The van der Waals surface area contributed by atoms with E-state index in [1.165, 1.54) is 0 Å². The second-order valence-electron chi connectivity index (χ2n) is 3.98. The lowest BCUT2D eigenvalue weighted by molar-refractivity contribution is 0.846. The number of rotatable bonds is 2. The highest BCUT2D eigenvalue weighted by Crippen LogP contribution is 2.38. The van der Waals surface area contributed by atoms with Crippen molar-refractivity contribution in [3.8, 4) is 5.69 Å². The third-order valence-corrected chi connectivity index (χ3v) is 2.83. The van der Waals surface area contributed by atoms with E-state index in [9.17, 15) is 4.79 Å². The first-order chi connectivity index (χ1) is 7.36. The monoisotopic (exact) mass is 200 g/mol. The molecule has 3 rings (SSSR count). The summed E-state index contributed by atoms with van der Waals surface area (Å²) in [5.41, 5.74) is 1.93. The Morgan fingerprint density at radius 1 is 1.20 bits per heavy atom. The Morgan fingerprint density at radius 3 is 2.60 bits per heavy atom. The van der Waals surface area contributed by atoms with Crippen LogP contribution in [0.5, 0.6) is 0 Å². The normalized spacial score (nSPS) is 15.5. The van der Waals surface area contributed by atoms with Crippen molar-refractivity contribution in [1.82, 2.24) is 9.78 Å². The van der Waals surface area contributed by atoms with E-state index in [1.54, 1.807) is 4.68 Å². The summed E-state index contributed by atoms with van der Waals surface area (Å²) < 4.78 is 1.60. The van der Waals surface area contributed by atoms with Gasteiger partial charge in [0, 0.05) is 11.8 Å². The van der Waals surface area contributed by atoms with E-state index in [1.807, 2.05) is 36.5 Å². The summed E-state index contributed by atoms with van der Waals surface area (Å²) >= 11 is 0. The predicted molar refractivity (Wildman–Crippen MR) is 58.4 cm³/mol. The predicted octanol–water partition coefficient (Wildman–Crippen LogP) is 2.04. The van der Waals surface area contributed by atoms with E-state index in [4.69, 9.17) is 0 Å². The molecular weight excluding hydrogens is 188 g/mol. The molecule has 1 aromatic heterocycles. The molecule has 3 heteroatoms. The number of hydrogen-bond acceptors (Lipinski definition) is 1. The zero-order valence-electron chi connectivity index (χ0n) is 8.31. The largest absolute Gasteiger partial charge is 0.298 e. The van der Waals surface area contributed by atoms with Crippen LogP contribution in [0.3, 0.4) is 0 Å². The summed E-state index contributed by atoms with van der Waals surface area (Å²) in [5.74, 6) is 0.499. The SMILES string of the molecule is O=c1c(C2CC2)c[nH]n1-c1ccccc1. The van der Waals surface area contributed by atoms with E-state index in [0.29, 0.717) is 5.92 Å². The van der Waals surface area contributed by atoms with Crippen molar-refractivity contribution in [2.75, 3.05) is 0 Å². The summed E-state index contributed by atoms with van der Waals surface area (Å²) in [5, 5.41) is 3.02. The van der Waals surface area contributed by atoms with Crippen molar-refractivity contribution in [1.29, 1.82) is 0 Å². The van der Waals surface area contributed by atoms with Gasteiger partial charge in [-0.25, -0.2) is 4.68 Å². The average Bonchev–Trinajstić information content (AvgIpc) is 3.04. The molecule has 0 atom stereocenters. The maximum Gasteiger partial charge on any atom is 0.274 e. The molecule has 0 saturated heterocycles. The first-order valence-electron chi connectivity index (χ1n) is 5.22. The third-order valence-electron chi connectivity index (χ3n) is 2.83. The highest BCUT2D eigenvalue weighted by atomic mass is 16.1. The van der Waals surface area contributed by atoms with E-state index in [-0.39, 0.29) is 5.56 Å². The van der Waals surface area contributed by atoms with Gasteiger partial charge in [0.25, 0.3) is 5.56 Å². The van der Waals surface area contributed by atoms with Crippen LogP contribution in [0.15, 0.2) is 41.3 Å². The van der Waals surface area contributed by atoms with Crippen molar-refractivity contribution in [2.45, 2.75) is 18.8 Å². The van der Waals surface area contributed by atoms with Crippen LogP contribution in [-0.4, -0.2) is 9.78 Å². The van der Waals surface area contributed by atoms with Gasteiger partial charge in [-0.3, -0.25) is 9.89 Å². The van der Waals surface area contributed by atoms with Crippen molar-refractivity contribution in [3.63, 3.8) is 0 Å². The second-order valence-corrected chi connectivity index (χ2v) is 3.98. The summed E-state index contributed by atoms with van der Waals surface area (Å²) in [6.07, 6.45) is 4.15. The number of hydrogen-bond donors (Lipinski definition) is 1. The maximum absolute atomic E-state index is 12.0. The molecule has 1 fully saturated rings. The Hall–Kier alpha value is -1.77. The van der Waals surface area contributed by atoms with Gasteiger partial charge < -0.3 is 0 Å². The topological polar surface area (TPSA) is 37.8 Å². The smallest absolute Gasteiger partial charge is 0.274 e. The Labute approximate surface area is 87.3 Å². The fourth-order valence-electron chi connectivity index (χ4n) is 1.84. The number of aromatic amines is 1. The molecule has 3 nitrogen and oxygen atoms in total. The zero-order chi connectivity index (χ0) is 10.3. The summed E-state index contributed by atoms with van der Waals surface area (Å²) in [4.78, 5) is 12.0.